The zero-order valence-electron chi connectivity index (χ0n) is 13.3. The predicted molar refractivity (Wildman–Crippen MR) is 94.9 cm³/mol. The molecular weight excluding hydrogens is 310 g/mol. The van der Waals surface area contributed by atoms with Crippen molar-refractivity contribution in [1.29, 1.82) is 0 Å². The van der Waals surface area contributed by atoms with E-state index < -0.39 is 0 Å². The van der Waals surface area contributed by atoms with Crippen LogP contribution in [0.2, 0.25) is 5.02 Å². The van der Waals surface area contributed by atoms with Crippen LogP contribution in [0.1, 0.15) is 30.4 Å². The molecule has 0 spiro atoms. The van der Waals surface area contributed by atoms with Crippen molar-refractivity contribution in [1.82, 2.24) is 5.32 Å². The molecule has 0 saturated carbocycles. The van der Waals surface area contributed by atoms with Crippen LogP contribution >= 0.6 is 11.6 Å². The molecule has 2 rings (SSSR count). The molecule has 0 aliphatic rings. The summed E-state index contributed by atoms with van der Waals surface area (Å²) in [6, 6.07) is 15.8. The first-order valence-electron chi connectivity index (χ1n) is 8.06. The minimum Gasteiger partial charge on any atom is -0.489 e. The summed E-state index contributed by atoms with van der Waals surface area (Å²) < 4.78 is 5.94. The third-order valence-corrected chi connectivity index (χ3v) is 3.82. The van der Waals surface area contributed by atoms with Gasteiger partial charge in [-0.2, -0.15) is 0 Å². The average molecular weight is 334 g/mol. The first kappa shape index (κ1) is 17.8. The Labute approximate surface area is 143 Å². The van der Waals surface area contributed by atoms with E-state index in [-0.39, 0.29) is 6.61 Å². The predicted octanol–water partition coefficient (Wildman–Crippen LogP) is 4.17. The Morgan fingerprint density at radius 1 is 1.00 bits per heavy atom. The third-order valence-electron chi connectivity index (χ3n) is 3.58. The summed E-state index contributed by atoms with van der Waals surface area (Å²) in [5.41, 5.74) is 2.21. The molecule has 0 heterocycles. The van der Waals surface area contributed by atoms with Crippen LogP contribution in [0.25, 0.3) is 0 Å². The molecular formula is C19H24ClNO2. The van der Waals surface area contributed by atoms with Gasteiger partial charge < -0.3 is 15.2 Å². The topological polar surface area (TPSA) is 41.5 Å². The van der Waals surface area contributed by atoms with Gasteiger partial charge in [0.1, 0.15) is 12.4 Å². The highest BCUT2D eigenvalue weighted by atomic mass is 35.5. The number of ether oxygens (including phenoxy) is 1. The van der Waals surface area contributed by atoms with Crippen LogP contribution in [0.4, 0.5) is 0 Å². The molecule has 2 N–H and O–H groups in total. The normalized spacial score (nSPS) is 10.7. The van der Waals surface area contributed by atoms with E-state index in [1.807, 2.05) is 42.5 Å². The molecule has 2 aromatic rings. The number of unbranched alkanes of at least 4 members (excludes halogenated alkanes) is 2. The van der Waals surface area contributed by atoms with E-state index in [4.69, 9.17) is 21.4 Å². The number of hydrogen-bond donors (Lipinski definition) is 2. The van der Waals surface area contributed by atoms with Crippen molar-refractivity contribution in [2.24, 2.45) is 0 Å². The van der Waals surface area contributed by atoms with Gasteiger partial charge in [-0.25, -0.2) is 0 Å². The van der Waals surface area contributed by atoms with Gasteiger partial charge in [-0.1, -0.05) is 41.9 Å². The second-order valence-corrected chi connectivity index (χ2v) is 5.92. The molecule has 0 radical (unpaired) electrons. The minimum atomic E-state index is 0.278. The van der Waals surface area contributed by atoms with Crippen LogP contribution in [0.15, 0.2) is 48.5 Å². The van der Waals surface area contributed by atoms with Crippen LogP contribution in [-0.2, 0) is 13.2 Å². The van der Waals surface area contributed by atoms with Crippen molar-refractivity contribution in [2.75, 3.05) is 13.2 Å². The molecule has 0 atom stereocenters. The quantitative estimate of drug-likeness (QED) is 0.641. The highest BCUT2D eigenvalue weighted by Gasteiger charge is 2.03. The molecule has 3 nitrogen and oxygen atoms in total. The Hall–Kier alpha value is -1.55. The number of aliphatic hydroxyl groups excluding tert-OH is 1. The van der Waals surface area contributed by atoms with E-state index in [0.29, 0.717) is 6.61 Å². The van der Waals surface area contributed by atoms with Crippen LogP contribution in [0.5, 0.6) is 5.75 Å². The largest absolute Gasteiger partial charge is 0.489 e. The molecule has 23 heavy (non-hydrogen) atoms. The van der Waals surface area contributed by atoms with Gasteiger partial charge in [-0.3, -0.25) is 0 Å². The Kier molecular flexibility index (Phi) is 7.95. The van der Waals surface area contributed by atoms with E-state index in [9.17, 15) is 0 Å². The summed E-state index contributed by atoms with van der Waals surface area (Å²) >= 11 is 6.00. The Balaban J connectivity index is 1.82. The summed E-state index contributed by atoms with van der Waals surface area (Å²) in [4.78, 5) is 0. The van der Waals surface area contributed by atoms with Crippen LogP contribution in [0.3, 0.4) is 0 Å². The lowest BCUT2D eigenvalue weighted by Gasteiger charge is -2.12. The maximum absolute atomic E-state index is 8.76. The summed E-state index contributed by atoms with van der Waals surface area (Å²) in [5.74, 6) is 0.898. The SMILES string of the molecule is OCCCCCNCc1ccccc1OCc1cccc(Cl)c1. The number of halogens is 1. The average Bonchev–Trinajstić information content (AvgIpc) is 2.57. The number of rotatable bonds is 10. The summed E-state index contributed by atoms with van der Waals surface area (Å²) in [6.45, 7) is 2.52. The van der Waals surface area contributed by atoms with Crippen molar-refractivity contribution in [3.63, 3.8) is 0 Å². The first-order chi connectivity index (χ1) is 11.3. The molecule has 4 heteroatoms. The Bertz CT molecular complexity index is 589. The van der Waals surface area contributed by atoms with Crippen LogP contribution < -0.4 is 10.1 Å². The molecule has 124 valence electrons. The van der Waals surface area contributed by atoms with Gasteiger partial charge in [0.15, 0.2) is 0 Å². The summed E-state index contributed by atoms with van der Waals surface area (Å²) in [7, 11) is 0. The lowest BCUT2D eigenvalue weighted by molar-refractivity contribution is 0.282. The van der Waals surface area contributed by atoms with Gasteiger partial charge in [0.2, 0.25) is 0 Å². The fourth-order valence-electron chi connectivity index (χ4n) is 2.34. The van der Waals surface area contributed by atoms with Gasteiger partial charge in [0.25, 0.3) is 0 Å². The van der Waals surface area contributed by atoms with Crippen molar-refractivity contribution >= 4 is 11.6 Å². The van der Waals surface area contributed by atoms with E-state index in [0.717, 1.165) is 54.3 Å². The van der Waals surface area contributed by atoms with Gasteiger partial charge in [0.05, 0.1) is 0 Å². The molecule has 0 unspecified atom stereocenters. The van der Waals surface area contributed by atoms with Crippen LogP contribution in [-0.4, -0.2) is 18.3 Å². The highest BCUT2D eigenvalue weighted by Crippen LogP contribution is 2.20. The maximum atomic E-state index is 8.76. The number of nitrogens with one attached hydrogen (secondary N) is 1. The third kappa shape index (κ3) is 6.61. The lowest BCUT2D eigenvalue weighted by Crippen LogP contribution is -2.15. The van der Waals surface area contributed by atoms with Gasteiger partial charge in [-0.05, 0) is 49.6 Å². The summed E-state index contributed by atoms with van der Waals surface area (Å²) in [6.07, 6.45) is 3.00. The Morgan fingerprint density at radius 2 is 1.87 bits per heavy atom. The van der Waals surface area contributed by atoms with Gasteiger partial charge >= 0.3 is 0 Å². The Morgan fingerprint density at radius 3 is 2.70 bits per heavy atom. The number of aliphatic hydroxyl groups is 1. The number of hydrogen-bond acceptors (Lipinski definition) is 3. The van der Waals surface area contributed by atoms with E-state index in [1.54, 1.807) is 0 Å². The van der Waals surface area contributed by atoms with E-state index >= 15 is 0 Å². The zero-order valence-corrected chi connectivity index (χ0v) is 14.1. The van der Waals surface area contributed by atoms with E-state index in [2.05, 4.69) is 11.4 Å². The fraction of sp³-hybridized carbons (Fsp3) is 0.368. The molecule has 0 saturated heterocycles. The second-order valence-electron chi connectivity index (χ2n) is 5.49. The molecule has 0 amide bonds. The lowest BCUT2D eigenvalue weighted by atomic mass is 10.2. The van der Waals surface area contributed by atoms with Crippen molar-refractivity contribution in [3.05, 3.63) is 64.7 Å². The van der Waals surface area contributed by atoms with Crippen molar-refractivity contribution < 1.29 is 9.84 Å². The molecule has 0 aliphatic heterocycles. The highest BCUT2D eigenvalue weighted by molar-refractivity contribution is 6.30. The van der Waals surface area contributed by atoms with E-state index in [1.165, 1.54) is 0 Å². The molecule has 0 aliphatic carbocycles. The minimum absolute atomic E-state index is 0.278. The van der Waals surface area contributed by atoms with Crippen molar-refractivity contribution in [3.8, 4) is 5.75 Å². The molecule has 0 bridgehead atoms. The smallest absolute Gasteiger partial charge is 0.124 e. The maximum Gasteiger partial charge on any atom is 0.124 e. The standard InChI is InChI=1S/C19H24ClNO2/c20-18-9-6-7-16(13-18)15-23-19-10-3-2-8-17(19)14-21-11-4-1-5-12-22/h2-3,6-10,13,21-22H,1,4-5,11-12,14-15H2. The number of para-hydroxylation sites is 1. The fourth-order valence-corrected chi connectivity index (χ4v) is 2.55. The second kappa shape index (κ2) is 10.3. The van der Waals surface area contributed by atoms with Gasteiger partial charge in [0, 0.05) is 23.7 Å². The van der Waals surface area contributed by atoms with Crippen molar-refractivity contribution in [2.45, 2.75) is 32.4 Å². The molecule has 0 fully saturated rings. The van der Waals surface area contributed by atoms with Gasteiger partial charge in [-0.15, -0.1) is 0 Å². The number of benzene rings is 2. The summed E-state index contributed by atoms with van der Waals surface area (Å²) in [5, 5.41) is 12.9. The van der Waals surface area contributed by atoms with Crippen LogP contribution in [0, 0.1) is 0 Å². The zero-order chi connectivity index (χ0) is 16.3. The molecule has 2 aromatic carbocycles. The monoisotopic (exact) mass is 333 g/mol. The first-order valence-corrected chi connectivity index (χ1v) is 8.44. The molecule has 0 aromatic heterocycles.